The summed E-state index contributed by atoms with van der Waals surface area (Å²) in [4.78, 5) is 0. The fourth-order valence-electron chi connectivity index (χ4n) is 2.92. The summed E-state index contributed by atoms with van der Waals surface area (Å²) in [6.45, 7) is 6.08. The quantitative estimate of drug-likeness (QED) is 0.900. The smallest absolute Gasteiger partial charge is 0.135 e. The van der Waals surface area contributed by atoms with Gasteiger partial charge >= 0.3 is 0 Å². The molecular weight excluding hydrogens is 318 g/mol. The first-order valence-electron chi connectivity index (χ1n) is 7.17. The second-order valence-electron chi connectivity index (χ2n) is 5.77. The predicted molar refractivity (Wildman–Crippen MR) is 83.9 cm³/mol. The topological polar surface area (TPSA) is 34.4 Å². The summed E-state index contributed by atoms with van der Waals surface area (Å²) in [5.41, 5.74) is 0.812. The predicted octanol–water partition coefficient (Wildman–Crippen LogP) is 4.42. The van der Waals surface area contributed by atoms with E-state index in [1.165, 1.54) is 0 Å². The SMILES string of the molecule is CCCC1(C)CNCC(c2cc3cc(Br)ccc3o2)O1. The molecule has 1 aliphatic rings. The average Bonchev–Trinajstić information content (AvgIpc) is 2.81. The van der Waals surface area contributed by atoms with Crippen molar-refractivity contribution in [2.24, 2.45) is 0 Å². The van der Waals surface area contributed by atoms with Crippen LogP contribution >= 0.6 is 15.9 Å². The van der Waals surface area contributed by atoms with Crippen LogP contribution in [0.25, 0.3) is 11.0 Å². The highest BCUT2D eigenvalue weighted by Gasteiger charge is 2.34. The van der Waals surface area contributed by atoms with Crippen LogP contribution in [0.1, 0.15) is 38.6 Å². The van der Waals surface area contributed by atoms with Gasteiger partial charge in [-0.15, -0.1) is 0 Å². The summed E-state index contributed by atoms with van der Waals surface area (Å²) in [6.07, 6.45) is 2.17. The van der Waals surface area contributed by atoms with E-state index in [-0.39, 0.29) is 11.7 Å². The minimum Gasteiger partial charge on any atom is -0.458 e. The second-order valence-corrected chi connectivity index (χ2v) is 6.68. The van der Waals surface area contributed by atoms with Crippen molar-refractivity contribution in [3.05, 3.63) is 34.5 Å². The lowest BCUT2D eigenvalue weighted by Gasteiger charge is -2.38. The lowest BCUT2D eigenvalue weighted by Crippen LogP contribution is -2.48. The van der Waals surface area contributed by atoms with Crippen LogP contribution in [0.15, 0.2) is 33.2 Å². The molecule has 108 valence electrons. The third-order valence-corrected chi connectivity index (χ3v) is 4.34. The third kappa shape index (κ3) is 2.78. The highest BCUT2D eigenvalue weighted by molar-refractivity contribution is 9.10. The Morgan fingerprint density at radius 2 is 2.25 bits per heavy atom. The molecule has 1 saturated heterocycles. The summed E-state index contributed by atoms with van der Waals surface area (Å²) < 4.78 is 13.3. The first-order valence-corrected chi connectivity index (χ1v) is 7.96. The van der Waals surface area contributed by atoms with Crippen LogP contribution in [0.3, 0.4) is 0 Å². The van der Waals surface area contributed by atoms with Crippen molar-refractivity contribution in [3.8, 4) is 0 Å². The Balaban J connectivity index is 1.86. The van der Waals surface area contributed by atoms with Crippen molar-refractivity contribution in [1.82, 2.24) is 5.32 Å². The largest absolute Gasteiger partial charge is 0.458 e. The summed E-state index contributed by atoms with van der Waals surface area (Å²) in [5, 5.41) is 4.58. The molecule has 2 aromatic rings. The fraction of sp³-hybridized carbons (Fsp3) is 0.500. The number of hydrogen-bond acceptors (Lipinski definition) is 3. The van der Waals surface area contributed by atoms with Crippen LogP contribution in [0.4, 0.5) is 0 Å². The van der Waals surface area contributed by atoms with Crippen LogP contribution in [-0.4, -0.2) is 18.7 Å². The molecule has 0 spiro atoms. The van der Waals surface area contributed by atoms with E-state index in [9.17, 15) is 0 Å². The third-order valence-electron chi connectivity index (χ3n) is 3.85. The fourth-order valence-corrected chi connectivity index (χ4v) is 3.30. The molecule has 0 amide bonds. The molecule has 2 atom stereocenters. The summed E-state index contributed by atoms with van der Waals surface area (Å²) in [6, 6.07) is 8.15. The molecule has 1 aromatic heterocycles. The number of benzene rings is 1. The maximum Gasteiger partial charge on any atom is 0.135 e. The van der Waals surface area contributed by atoms with E-state index < -0.39 is 0 Å². The number of rotatable bonds is 3. The second kappa shape index (κ2) is 5.51. The molecule has 0 aliphatic carbocycles. The van der Waals surface area contributed by atoms with Gasteiger partial charge in [0.15, 0.2) is 0 Å². The molecular formula is C16H20BrNO2. The molecule has 2 heterocycles. The van der Waals surface area contributed by atoms with Crippen LogP contribution < -0.4 is 5.32 Å². The first kappa shape index (κ1) is 14.1. The van der Waals surface area contributed by atoms with Crippen molar-refractivity contribution < 1.29 is 9.15 Å². The first-order chi connectivity index (χ1) is 9.59. The van der Waals surface area contributed by atoms with Gasteiger partial charge in [0, 0.05) is 22.9 Å². The molecule has 2 unspecified atom stereocenters. The maximum atomic E-state index is 6.29. The number of hydrogen-bond donors (Lipinski definition) is 1. The van der Waals surface area contributed by atoms with E-state index in [1.807, 2.05) is 12.1 Å². The number of furan rings is 1. The van der Waals surface area contributed by atoms with E-state index in [0.717, 1.165) is 47.1 Å². The minimum atomic E-state index is -0.1000. The van der Waals surface area contributed by atoms with E-state index in [1.54, 1.807) is 0 Å². The molecule has 4 heteroatoms. The zero-order valence-corrected chi connectivity index (χ0v) is 13.5. The van der Waals surface area contributed by atoms with Gasteiger partial charge in [-0.2, -0.15) is 0 Å². The molecule has 3 rings (SSSR count). The van der Waals surface area contributed by atoms with Crippen molar-refractivity contribution in [3.63, 3.8) is 0 Å². The van der Waals surface area contributed by atoms with Crippen LogP contribution in [0.5, 0.6) is 0 Å². The lowest BCUT2D eigenvalue weighted by atomic mass is 9.97. The molecule has 0 saturated carbocycles. The Morgan fingerprint density at radius 1 is 1.40 bits per heavy atom. The number of nitrogens with one attached hydrogen (secondary N) is 1. The van der Waals surface area contributed by atoms with Crippen LogP contribution in [-0.2, 0) is 4.74 Å². The maximum absolute atomic E-state index is 6.29. The zero-order chi connectivity index (χ0) is 14.2. The molecule has 1 aliphatic heterocycles. The summed E-state index contributed by atoms with van der Waals surface area (Å²) in [7, 11) is 0. The van der Waals surface area contributed by atoms with Gasteiger partial charge in [-0.05, 0) is 37.6 Å². The molecule has 20 heavy (non-hydrogen) atoms. The Bertz CT molecular complexity index is 606. The van der Waals surface area contributed by atoms with Crippen molar-refractivity contribution in [1.29, 1.82) is 0 Å². The normalized spacial score (nSPS) is 27.1. The Morgan fingerprint density at radius 3 is 3.05 bits per heavy atom. The van der Waals surface area contributed by atoms with Crippen LogP contribution in [0, 0.1) is 0 Å². The molecule has 1 aromatic carbocycles. The van der Waals surface area contributed by atoms with Gasteiger partial charge in [0.2, 0.25) is 0 Å². The van der Waals surface area contributed by atoms with Gasteiger partial charge in [-0.25, -0.2) is 0 Å². The van der Waals surface area contributed by atoms with Gasteiger partial charge < -0.3 is 14.5 Å². The van der Waals surface area contributed by atoms with E-state index in [4.69, 9.17) is 9.15 Å². The van der Waals surface area contributed by atoms with Crippen molar-refractivity contribution in [2.45, 2.75) is 38.4 Å². The highest BCUT2D eigenvalue weighted by Crippen LogP contribution is 2.33. The van der Waals surface area contributed by atoms with Gasteiger partial charge in [0.05, 0.1) is 5.60 Å². The number of morpholine rings is 1. The van der Waals surface area contributed by atoms with Gasteiger partial charge in [0.1, 0.15) is 17.4 Å². The molecule has 1 fully saturated rings. The summed E-state index contributed by atoms with van der Waals surface area (Å²) >= 11 is 3.49. The Labute approximate surface area is 127 Å². The standard InChI is InChI=1S/C16H20BrNO2/c1-3-6-16(2)10-18-9-15(20-16)14-8-11-7-12(17)4-5-13(11)19-14/h4-5,7-8,15,18H,3,6,9-10H2,1-2H3. The number of halogens is 1. The van der Waals surface area contributed by atoms with Crippen LogP contribution in [0.2, 0.25) is 0 Å². The van der Waals surface area contributed by atoms with E-state index in [0.29, 0.717) is 0 Å². The highest BCUT2D eigenvalue weighted by atomic mass is 79.9. The van der Waals surface area contributed by atoms with Crippen molar-refractivity contribution in [2.75, 3.05) is 13.1 Å². The molecule has 0 bridgehead atoms. The molecule has 0 radical (unpaired) electrons. The molecule has 1 N–H and O–H groups in total. The van der Waals surface area contributed by atoms with E-state index in [2.05, 4.69) is 47.2 Å². The molecule has 3 nitrogen and oxygen atoms in total. The Kier molecular flexibility index (Phi) is 3.89. The average molecular weight is 338 g/mol. The van der Waals surface area contributed by atoms with E-state index >= 15 is 0 Å². The Hall–Kier alpha value is -0.840. The number of ether oxygens (including phenoxy) is 1. The van der Waals surface area contributed by atoms with Gasteiger partial charge in [-0.1, -0.05) is 29.3 Å². The van der Waals surface area contributed by atoms with Gasteiger partial charge in [0.25, 0.3) is 0 Å². The monoisotopic (exact) mass is 337 g/mol. The number of fused-ring (bicyclic) bond motifs is 1. The lowest BCUT2D eigenvalue weighted by molar-refractivity contribution is -0.118. The van der Waals surface area contributed by atoms with Gasteiger partial charge in [-0.3, -0.25) is 0 Å². The minimum absolute atomic E-state index is 0.00789. The summed E-state index contributed by atoms with van der Waals surface area (Å²) in [5.74, 6) is 0.910. The zero-order valence-electron chi connectivity index (χ0n) is 11.9. The van der Waals surface area contributed by atoms with Crippen molar-refractivity contribution >= 4 is 26.9 Å².